The molecule has 0 bridgehead atoms. The average molecular weight is 195 g/mol. The SMILES string of the molecule is C=CCCCCC/C=C/CCNCC. The van der Waals surface area contributed by atoms with Crippen molar-refractivity contribution in [3.63, 3.8) is 0 Å². The van der Waals surface area contributed by atoms with E-state index in [0.717, 1.165) is 13.1 Å². The standard InChI is InChI=1S/C13H25N/c1-3-5-6-7-8-9-10-11-12-13-14-4-2/h3,10-11,14H,1,4-9,12-13H2,2H3/b11-10+. The van der Waals surface area contributed by atoms with Crippen molar-refractivity contribution in [2.75, 3.05) is 13.1 Å². The summed E-state index contributed by atoms with van der Waals surface area (Å²) >= 11 is 0. The van der Waals surface area contributed by atoms with Crippen LogP contribution < -0.4 is 5.32 Å². The summed E-state index contributed by atoms with van der Waals surface area (Å²) in [5, 5.41) is 3.30. The van der Waals surface area contributed by atoms with Crippen molar-refractivity contribution < 1.29 is 0 Å². The number of allylic oxidation sites excluding steroid dienone is 2. The van der Waals surface area contributed by atoms with Gasteiger partial charge in [-0.3, -0.25) is 0 Å². The zero-order valence-corrected chi connectivity index (χ0v) is 9.60. The predicted octanol–water partition coefficient (Wildman–Crippen LogP) is 3.68. The van der Waals surface area contributed by atoms with Crippen LogP contribution in [0, 0.1) is 0 Å². The second-order valence-corrected chi connectivity index (χ2v) is 3.54. The summed E-state index contributed by atoms with van der Waals surface area (Å²) in [6.45, 7) is 8.05. The van der Waals surface area contributed by atoms with E-state index in [1.165, 1.54) is 38.5 Å². The number of hydrogen-bond acceptors (Lipinski definition) is 1. The molecule has 0 aromatic carbocycles. The molecule has 0 heterocycles. The number of unbranched alkanes of at least 4 members (excludes halogenated alkanes) is 4. The van der Waals surface area contributed by atoms with E-state index in [4.69, 9.17) is 0 Å². The van der Waals surface area contributed by atoms with Gasteiger partial charge in [-0.15, -0.1) is 6.58 Å². The maximum absolute atomic E-state index is 3.72. The Bertz CT molecular complexity index is 138. The smallest absolute Gasteiger partial charge is 0.00144 e. The van der Waals surface area contributed by atoms with Crippen LogP contribution in [0.25, 0.3) is 0 Å². The van der Waals surface area contributed by atoms with Gasteiger partial charge in [0.2, 0.25) is 0 Å². The highest BCUT2D eigenvalue weighted by Crippen LogP contribution is 2.03. The minimum absolute atomic E-state index is 1.08. The molecule has 1 N–H and O–H groups in total. The summed E-state index contributed by atoms with van der Waals surface area (Å²) in [6, 6.07) is 0. The largest absolute Gasteiger partial charge is 0.317 e. The van der Waals surface area contributed by atoms with Gasteiger partial charge in [0, 0.05) is 0 Å². The molecule has 0 radical (unpaired) electrons. The van der Waals surface area contributed by atoms with Gasteiger partial charge in [0.15, 0.2) is 0 Å². The summed E-state index contributed by atoms with van der Waals surface area (Å²) in [5.41, 5.74) is 0. The Balaban J connectivity index is 2.99. The molecule has 0 aliphatic rings. The minimum atomic E-state index is 1.08. The third-order valence-electron chi connectivity index (χ3n) is 2.18. The zero-order chi connectivity index (χ0) is 10.5. The molecule has 0 saturated carbocycles. The van der Waals surface area contributed by atoms with Crippen LogP contribution in [0.15, 0.2) is 24.8 Å². The molecule has 1 heteroatoms. The first-order valence-electron chi connectivity index (χ1n) is 5.88. The number of rotatable bonds is 10. The van der Waals surface area contributed by atoms with Crippen molar-refractivity contribution >= 4 is 0 Å². The zero-order valence-electron chi connectivity index (χ0n) is 9.60. The fourth-order valence-electron chi connectivity index (χ4n) is 1.33. The molecule has 14 heavy (non-hydrogen) atoms. The fourth-order valence-corrected chi connectivity index (χ4v) is 1.33. The summed E-state index contributed by atoms with van der Waals surface area (Å²) in [4.78, 5) is 0. The molecule has 82 valence electrons. The lowest BCUT2D eigenvalue weighted by Gasteiger charge is -1.96. The van der Waals surface area contributed by atoms with Crippen LogP contribution in [-0.2, 0) is 0 Å². The van der Waals surface area contributed by atoms with Gasteiger partial charge < -0.3 is 5.32 Å². The summed E-state index contributed by atoms with van der Waals surface area (Å²) < 4.78 is 0. The van der Waals surface area contributed by atoms with Gasteiger partial charge in [-0.1, -0.05) is 31.6 Å². The van der Waals surface area contributed by atoms with Gasteiger partial charge in [-0.2, -0.15) is 0 Å². The normalized spacial score (nSPS) is 10.9. The van der Waals surface area contributed by atoms with Crippen molar-refractivity contribution in [2.45, 2.75) is 45.4 Å². The summed E-state index contributed by atoms with van der Waals surface area (Å²) in [5.74, 6) is 0. The Morgan fingerprint density at radius 3 is 2.43 bits per heavy atom. The Morgan fingerprint density at radius 1 is 1.00 bits per heavy atom. The molecular formula is C13H25N. The van der Waals surface area contributed by atoms with Crippen LogP contribution in [0.5, 0.6) is 0 Å². The predicted molar refractivity (Wildman–Crippen MR) is 65.6 cm³/mol. The van der Waals surface area contributed by atoms with E-state index in [1.807, 2.05) is 6.08 Å². The van der Waals surface area contributed by atoms with E-state index in [2.05, 4.69) is 31.0 Å². The van der Waals surface area contributed by atoms with Gasteiger partial charge in [0.25, 0.3) is 0 Å². The second kappa shape index (κ2) is 12.4. The van der Waals surface area contributed by atoms with Crippen molar-refractivity contribution in [3.8, 4) is 0 Å². The quantitative estimate of drug-likeness (QED) is 0.414. The van der Waals surface area contributed by atoms with Gasteiger partial charge in [0.05, 0.1) is 0 Å². The molecule has 0 fully saturated rings. The summed E-state index contributed by atoms with van der Waals surface area (Å²) in [6.07, 6.45) is 14.1. The second-order valence-electron chi connectivity index (χ2n) is 3.54. The third-order valence-corrected chi connectivity index (χ3v) is 2.18. The molecule has 0 aliphatic heterocycles. The maximum atomic E-state index is 3.72. The molecule has 0 aliphatic carbocycles. The molecule has 0 aromatic heterocycles. The third kappa shape index (κ3) is 11.4. The van der Waals surface area contributed by atoms with E-state index in [0.29, 0.717) is 0 Å². The van der Waals surface area contributed by atoms with Crippen LogP contribution in [0.1, 0.15) is 45.4 Å². The summed E-state index contributed by atoms with van der Waals surface area (Å²) in [7, 11) is 0. The molecule has 0 atom stereocenters. The molecule has 0 spiro atoms. The van der Waals surface area contributed by atoms with Crippen LogP contribution in [0.2, 0.25) is 0 Å². The molecular weight excluding hydrogens is 170 g/mol. The van der Waals surface area contributed by atoms with E-state index in [9.17, 15) is 0 Å². The average Bonchev–Trinajstić information content (AvgIpc) is 2.21. The van der Waals surface area contributed by atoms with Gasteiger partial charge in [-0.25, -0.2) is 0 Å². The molecule has 0 aromatic rings. The van der Waals surface area contributed by atoms with Gasteiger partial charge in [-0.05, 0) is 45.2 Å². The number of nitrogens with one attached hydrogen (secondary N) is 1. The lowest BCUT2D eigenvalue weighted by Crippen LogP contribution is -2.12. The molecule has 1 nitrogen and oxygen atoms in total. The Labute approximate surface area is 89.3 Å². The van der Waals surface area contributed by atoms with E-state index in [-0.39, 0.29) is 0 Å². The Hall–Kier alpha value is -0.560. The van der Waals surface area contributed by atoms with Crippen LogP contribution in [0.4, 0.5) is 0 Å². The molecule has 0 rings (SSSR count). The first-order chi connectivity index (χ1) is 6.91. The maximum Gasteiger partial charge on any atom is -0.00144 e. The first kappa shape index (κ1) is 13.4. The van der Waals surface area contributed by atoms with Gasteiger partial charge >= 0.3 is 0 Å². The van der Waals surface area contributed by atoms with E-state index >= 15 is 0 Å². The lowest BCUT2D eigenvalue weighted by molar-refractivity contribution is 0.693. The first-order valence-corrected chi connectivity index (χ1v) is 5.88. The fraction of sp³-hybridized carbons (Fsp3) is 0.692. The molecule has 0 unspecified atom stereocenters. The van der Waals surface area contributed by atoms with Crippen molar-refractivity contribution in [1.29, 1.82) is 0 Å². The number of hydrogen-bond donors (Lipinski definition) is 1. The van der Waals surface area contributed by atoms with E-state index in [1.54, 1.807) is 0 Å². The molecule has 0 saturated heterocycles. The van der Waals surface area contributed by atoms with Crippen molar-refractivity contribution in [1.82, 2.24) is 5.32 Å². The van der Waals surface area contributed by atoms with E-state index < -0.39 is 0 Å². The molecule has 0 amide bonds. The highest BCUT2D eigenvalue weighted by Gasteiger charge is 1.85. The van der Waals surface area contributed by atoms with Crippen molar-refractivity contribution in [3.05, 3.63) is 24.8 Å². The highest BCUT2D eigenvalue weighted by atomic mass is 14.8. The Kier molecular flexibility index (Phi) is 11.9. The van der Waals surface area contributed by atoms with Crippen molar-refractivity contribution in [2.24, 2.45) is 0 Å². The topological polar surface area (TPSA) is 12.0 Å². The lowest BCUT2D eigenvalue weighted by atomic mass is 10.1. The minimum Gasteiger partial charge on any atom is -0.317 e. The van der Waals surface area contributed by atoms with Crippen LogP contribution >= 0.6 is 0 Å². The Morgan fingerprint density at radius 2 is 1.71 bits per heavy atom. The van der Waals surface area contributed by atoms with Crippen LogP contribution in [-0.4, -0.2) is 13.1 Å². The highest BCUT2D eigenvalue weighted by molar-refractivity contribution is 4.82. The monoisotopic (exact) mass is 195 g/mol. The van der Waals surface area contributed by atoms with Crippen LogP contribution in [0.3, 0.4) is 0 Å². The van der Waals surface area contributed by atoms with Gasteiger partial charge in [0.1, 0.15) is 0 Å².